The molecule has 1 aliphatic rings. The standard InChI is InChI=1S/C13H23F3N2O2S/c1-9(7-21(4)20)17-11(19)18-6-5-10(13(14,15)16)12(2,3)8-18/h9-10H,5-8H2,1-4H3,(H,17,19)/t9-,10+,21-/m1/s1. The maximum atomic E-state index is 13.0. The Hall–Kier alpha value is -0.790. The van der Waals surface area contributed by atoms with Crippen LogP contribution >= 0.6 is 0 Å². The second kappa shape index (κ2) is 6.54. The molecule has 0 aromatic heterocycles. The van der Waals surface area contributed by atoms with Crippen LogP contribution in [0, 0.1) is 11.3 Å². The van der Waals surface area contributed by atoms with Gasteiger partial charge in [-0.1, -0.05) is 13.8 Å². The van der Waals surface area contributed by atoms with E-state index in [0.29, 0.717) is 5.75 Å². The lowest BCUT2D eigenvalue weighted by molar-refractivity contribution is -0.214. The first-order valence-corrected chi connectivity index (χ1v) is 8.58. The van der Waals surface area contributed by atoms with E-state index < -0.39 is 28.3 Å². The van der Waals surface area contributed by atoms with Gasteiger partial charge < -0.3 is 10.2 Å². The average molecular weight is 328 g/mol. The van der Waals surface area contributed by atoms with Gasteiger partial charge in [0.15, 0.2) is 0 Å². The predicted molar refractivity (Wildman–Crippen MR) is 76.4 cm³/mol. The van der Waals surface area contributed by atoms with Crippen molar-refractivity contribution in [2.24, 2.45) is 11.3 Å². The van der Waals surface area contributed by atoms with Gasteiger partial charge in [-0.25, -0.2) is 4.79 Å². The van der Waals surface area contributed by atoms with Crippen LogP contribution in [0.1, 0.15) is 27.2 Å². The summed E-state index contributed by atoms with van der Waals surface area (Å²) in [5.41, 5.74) is -1.01. The van der Waals surface area contributed by atoms with Gasteiger partial charge in [0, 0.05) is 41.9 Å². The first-order valence-electron chi connectivity index (χ1n) is 6.85. The van der Waals surface area contributed by atoms with Crippen LogP contribution in [0.5, 0.6) is 0 Å². The summed E-state index contributed by atoms with van der Waals surface area (Å²) in [5, 5.41) is 2.68. The lowest BCUT2D eigenvalue weighted by Gasteiger charge is -2.44. The number of urea groups is 1. The third-order valence-corrected chi connectivity index (χ3v) is 4.74. The molecule has 0 unspecified atom stereocenters. The highest BCUT2D eigenvalue weighted by Gasteiger charge is 2.51. The Balaban J connectivity index is 2.64. The van der Waals surface area contributed by atoms with Crippen molar-refractivity contribution in [1.29, 1.82) is 0 Å². The largest absolute Gasteiger partial charge is 0.392 e. The van der Waals surface area contributed by atoms with Gasteiger partial charge in [0.1, 0.15) is 0 Å². The molecule has 1 aliphatic heterocycles. The van der Waals surface area contributed by atoms with Crippen LogP contribution in [0.25, 0.3) is 0 Å². The average Bonchev–Trinajstić information content (AvgIpc) is 2.23. The minimum Gasteiger partial charge on any atom is -0.335 e. The number of amides is 2. The van der Waals surface area contributed by atoms with Crippen LogP contribution < -0.4 is 5.32 Å². The summed E-state index contributed by atoms with van der Waals surface area (Å²) in [6.45, 7) is 4.95. The summed E-state index contributed by atoms with van der Waals surface area (Å²) in [5.74, 6) is -1.07. The molecule has 3 atom stereocenters. The van der Waals surface area contributed by atoms with Crippen molar-refractivity contribution in [3.8, 4) is 0 Å². The molecule has 0 aromatic carbocycles. The van der Waals surface area contributed by atoms with Gasteiger partial charge in [-0.3, -0.25) is 4.21 Å². The molecule has 1 fully saturated rings. The molecule has 1 N–H and O–H groups in total. The van der Waals surface area contributed by atoms with Gasteiger partial charge >= 0.3 is 12.2 Å². The number of rotatable bonds is 3. The van der Waals surface area contributed by atoms with Crippen molar-refractivity contribution in [3.05, 3.63) is 0 Å². The summed E-state index contributed by atoms with van der Waals surface area (Å²) < 4.78 is 50.0. The van der Waals surface area contributed by atoms with Crippen LogP contribution in [0.15, 0.2) is 0 Å². The minimum absolute atomic E-state index is 0.0605. The van der Waals surface area contributed by atoms with Crippen LogP contribution in [-0.4, -0.2) is 52.5 Å². The Labute approximate surface area is 125 Å². The maximum Gasteiger partial charge on any atom is 0.392 e. The van der Waals surface area contributed by atoms with Crippen LogP contribution in [0.2, 0.25) is 0 Å². The van der Waals surface area contributed by atoms with Crippen molar-refractivity contribution in [2.75, 3.05) is 25.1 Å². The topological polar surface area (TPSA) is 49.4 Å². The highest BCUT2D eigenvalue weighted by atomic mass is 32.2. The maximum absolute atomic E-state index is 13.0. The first kappa shape index (κ1) is 18.3. The molecule has 0 radical (unpaired) electrons. The molecule has 0 spiro atoms. The fourth-order valence-corrected chi connectivity index (χ4v) is 3.62. The van der Waals surface area contributed by atoms with Gasteiger partial charge in [-0.05, 0) is 18.8 Å². The van der Waals surface area contributed by atoms with Crippen LogP contribution in [0.4, 0.5) is 18.0 Å². The molecule has 4 nitrogen and oxygen atoms in total. The monoisotopic (exact) mass is 328 g/mol. The second-order valence-electron chi connectivity index (χ2n) is 6.38. The zero-order valence-electron chi connectivity index (χ0n) is 12.8. The van der Waals surface area contributed by atoms with Crippen molar-refractivity contribution >= 4 is 16.8 Å². The number of carbonyl (C=O) groups excluding carboxylic acids is 1. The van der Waals surface area contributed by atoms with E-state index in [0.717, 1.165) is 0 Å². The Morgan fingerprint density at radius 2 is 2.05 bits per heavy atom. The van der Waals surface area contributed by atoms with Crippen LogP contribution in [0.3, 0.4) is 0 Å². The molecule has 0 saturated carbocycles. The van der Waals surface area contributed by atoms with Crippen molar-refractivity contribution in [3.63, 3.8) is 0 Å². The minimum atomic E-state index is -4.24. The predicted octanol–water partition coefficient (Wildman–Crippen LogP) is 2.37. The van der Waals surface area contributed by atoms with Gasteiger partial charge in [0.25, 0.3) is 0 Å². The molecule has 0 bridgehead atoms. The summed E-state index contributed by atoms with van der Waals surface area (Å²) >= 11 is 0. The number of carbonyl (C=O) groups is 1. The Kier molecular flexibility index (Phi) is 5.69. The van der Waals surface area contributed by atoms with E-state index in [1.165, 1.54) is 18.7 Å². The third-order valence-electron chi connectivity index (χ3n) is 3.77. The number of hydrogen-bond acceptors (Lipinski definition) is 2. The first-order chi connectivity index (χ1) is 9.43. The molecular formula is C13H23F3N2O2S. The summed E-state index contributed by atoms with van der Waals surface area (Å²) in [6.07, 6.45) is -2.78. The normalized spacial score (nSPS) is 25.3. The van der Waals surface area contributed by atoms with E-state index in [1.807, 2.05) is 0 Å². The SMILES string of the molecule is C[C@H](C[S@@](C)=O)NC(=O)N1CC[C@H](C(F)(F)F)C(C)(C)C1. The Morgan fingerprint density at radius 1 is 1.48 bits per heavy atom. The molecule has 124 valence electrons. The lowest BCUT2D eigenvalue weighted by Crippen LogP contribution is -2.55. The molecule has 0 aliphatic carbocycles. The third kappa shape index (κ3) is 5.16. The van der Waals surface area contributed by atoms with E-state index in [1.54, 1.807) is 13.2 Å². The van der Waals surface area contributed by atoms with Crippen LogP contribution in [-0.2, 0) is 10.8 Å². The van der Waals surface area contributed by atoms with Crippen molar-refractivity contribution < 1.29 is 22.2 Å². The molecule has 8 heteroatoms. The second-order valence-corrected chi connectivity index (χ2v) is 7.86. The number of piperidine rings is 1. The van der Waals surface area contributed by atoms with E-state index >= 15 is 0 Å². The van der Waals surface area contributed by atoms with E-state index in [-0.39, 0.29) is 31.6 Å². The van der Waals surface area contributed by atoms with Crippen molar-refractivity contribution in [1.82, 2.24) is 10.2 Å². The molecule has 1 heterocycles. The fraction of sp³-hybridized carbons (Fsp3) is 0.923. The van der Waals surface area contributed by atoms with Gasteiger partial charge in [0.05, 0.1) is 5.92 Å². The number of halogens is 3. The summed E-state index contributed by atoms with van der Waals surface area (Å²) in [4.78, 5) is 13.5. The molecule has 21 heavy (non-hydrogen) atoms. The molecule has 1 saturated heterocycles. The zero-order valence-corrected chi connectivity index (χ0v) is 13.6. The zero-order chi connectivity index (χ0) is 16.4. The van der Waals surface area contributed by atoms with Gasteiger partial charge in [-0.15, -0.1) is 0 Å². The molecule has 1 rings (SSSR count). The molecular weight excluding hydrogens is 305 g/mol. The quantitative estimate of drug-likeness (QED) is 0.865. The number of nitrogens with one attached hydrogen (secondary N) is 1. The Morgan fingerprint density at radius 3 is 2.48 bits per heavy atom. The number of likely N-dealkylation sites (tertiary alicyclic amines) is 1. The smallest absolute Gasteiger partial charge is 0.335 e. The number of nitrogens with zero attached hydrogens (tertiary/aromatic N) is 1. The fourth-order valence-electron chi connectivity index (χ4n) is 2.83. The highest BCUT2D eigenvalue weighted by molar-refractivity contribution is 7.84. The number of hydrogen-bond donors (Lipinski definition) is 1. The summed E-state index contributed by atoms with van der Waals surface area (Å²) in [6, 6.07) is -0.659. The van der Waals surface area contributed by atoms with Gasteiger partial charge in [-0.2, -0.15) is 13.2 Å². The Bertz CT molecular complexity index is 413. The molecule has 2 amide bonds. The number of alkyl halides is 3. The highest BCUT2D eigenvalue weighted by Crippen LogP contribution is 2.44. The molecule has 0 aromatic rings. The van der Waals surface area contributed by atoms with E-state index in [4.69, 9.17) is 0 Å². The summed E-state index contributed by atoms with van der Waals surface area (Å²) in [7, 11) is -1.03. The van der Waals surface area contributed by atoms with E-state index in [2.05, 4.69) is 5.32 Å². The lowest BCUT2D eigenvalue weighted by atomic mass is 9.73. The van der Waals surface area contributed by atoms with Crippen molar-refractivity contribution in [2.45, 2.75) is 39.4 Å². The van der Waals surface area contributed by atoms with E-state index in [9.17, 15) is 22.2 Å². The van der Waals surface area contributed by atoms with Gasteiger partial charge in [0.2, 0.25) is 0 Å².